The van der Waals surface area contributed by atoms with Crippen LogP contribution in [-0.2, 0) is 12.6 Å². The second-order valence-electron chi connectivity index (χ2n) is 5.54. The van der Waals surface area contributed by atoms with E-state index in [2.05, 4.69) is 20.4 Å². The molecule has 0 amide bonds. The number of nitrogens with zero attached hydrogens (tertiary/aromatic N) is 3. The van der Waals surface area contributed by atoms with Crippen LogP contribution in [0.1, 0.15) is 22.4 Å². The normalized spacial score (nSPS) is 12.0. The third-order valence-electron chi connectivity index (χ3n) is 3.70. The summed E-state index contributed by atoms with van der Waals surface area (Å²) >= 11 is 0. The average molecular weight is 344 g/mol. The van der Waals surface area contributed by atoms with Crippen LogP contribution >= 0.6 is 0 Å². The highest BCUT2D eigenvalue weighted by Gasteiger charge is 2.30. The van der Waals surface area contributed by atoms with Crippen molar-refractivity contribution in [3.05, 3.63) is 70.9 Å². The number of aromatic nitrogens is 3. The summed E-state index contributed by atoms with van der Waals surface area (Å²) in [5.74, 6) is 0. The number of hydrogen-bond acceptors (Lipinski definition) is 3. The van der Waals surface area contributed by atoms with E-state index >= 15 is 0 Å². The van der Waals surface area contributed by atoms with Crippen molar-refractivity contribution in [2.24, 2.45) is 4.99 Å². The topological polar surface area (TPSA) is 53.9 Å². The fourth-order valence-electron chi connectivity index (χ4n) is 2.59. The van der Waals surface area contributed by atoms with Gasteiger partial charge in [0.2, 0.25) is 0 Å². The molecule has 3 aromatic rings. The van der Waals surface area contributed by atoms with Gasteiger partial charge in [-0.1, -0.05) is 41.6 Å². The lowest BCUT2D eigenvalue weighted by molar-refractivity contribution is -0.137. The quantitative estimate of drug-likeness (QED) is 0.724. The van der Waals surface area contributed by atoms with Crippen molar-refractivity contribution in [1.82, 2.24) is 15.4 Å². The van der Waals surface area contributed by atoms with Crippen molar-refractivity contribution in [3.8, 4) is 11.3 Å². The lowest BCUT2D eigenvalue weighted by Crippen LogP contribution is -2.05. The lowest BCUT2D eigenvalue weighted by Gasteiger charge is -2.09. The van der Waals surface area contributed by atoms with Crippen LogP contribution in [0.15, 0.2) is 53.5 Å². The number of benzene rings is 2. The van der Waals surface area contributed by atoms with E-state index < -0.39 is 11.7 Å². The van der Waals surface area contributed by atoms with Gasteiger partial charge in [-0.3, -0.25) is 10.1 Å². The van der Waals surface area contributed by atoms with Crippen LogP contribution in [0.25, 0.3) is 11.3 Å². The molecule has 0 saturated carbocycles. The fourth-order valence-corrected chi connectivity index (χ4v) is 2.59. The maximum absolute atomic E-state index is 12.8. The summed E-state index contributed by atoms with van der Waals surface area (Å²) in [5.41, 5.74) is 3.00. The fraction of sp³-hybridized carbons (Fsp3) is 0.167. The van der Waals surface area contributed by atoms with Crippen LogP contribution in [0.5, 0.6) is 0 Å². The van der Waals surface area contributed by atoms with Crippen LogP contribution in [0.3, 0.4) is 0 Å². The molecule has 4 nitrogen and oxygen atoms in total. The zero-order valence-corrected chi connectivity index (χ0v) is 13.4. The molecule has 0 aliphatic carbocycles. The number of aliphatic imine (C=N–C) groups is 1. The third kappa shape index (κ3) is 3.93. The maximum Gasteiger partial charge on any atom is 0.416 e. The predicted molar refractivity (Wildman–Crippen MR) is 89.6 cm³/mol. The lowest BCUT2D eigenvalue weighted by atomic mass is 10.00. The maximum atomic E-state index is 12.8. The molecule has 1 heterocycles. The van der Waals surface area contributed by atoms with Crippen LogP contribution in [-0.4, -0.2) is 28.7 Å². The summed E-state index contributed by atoms with van der Waals surface area (Å²) in [5, 5.41) is 10.6. The first-order valence-electron chi connectivity index (χ1n) is 7.56. The molecule has 3 rings (SSSR count). The van der Waals surface area contributed by atoms with Gasteiger partial charge in [0.15, 0.2) is 0 Å². The number of hydrogen-bond donors (Lipinski definition) is 1. The van der Waals surface area contributed by atoms with Crippen molar-refractivity contribution in [3.63, 3.8) is 0 Å². The van der Waals surface area contributed by atoms with E-state index in [0.717, 1.165) is 17.2 Å². The second-order valence-corrected chi connectivity index (χ2v) is 5.54. The standard InChI is InChI=1S/C18H15F3N4/c1-22-11-16-17(24-25-23-16)14-6-2-4-12(9-14)8-13-5-3-7-15(10-13)18(19,20)21/h2-7,9-11H,8H2,1H3,(H,23,24,25)/b22-11+. The van der Waals surface area contributed by atoms with Gasteiger partial charge in [-0.05, 0) is 29.7 Å². The molecule has 0 saturated heterocycles. The van der Waals surface area contributed by atoms with E-state index in [9.17, 15) is 13.2 Å². The first-order valence-corrected chi connectivity index (χ1v) is 7.56. The summed E-state index contributed by atoms with van der Waals surface area (Å²) in [6, 6.07) is 12.9. The van der Waals surface area contributed by atoms with E-state index in [1.807, 2.05) is 24.3 Å². The van der Waals surface area contributed by atoms with Crippen molar-refractivity contribution in [1.29, 1.82) is 0 Å². The Kier molecular flexibility index (Phi) is 4.65. The molecule has 1 aromatic heterocycles. The molecule has 0 fully saturated rings. The van der Waals surface area contributed by atoms with E-state index in [-0.39, 0.29) is 0 Å². The molecule has 128 valence electrons. The minimum Gasteiger partial charge on any atom is -0.294 e. The van der Waals surface area contributed by atoms with Gasteiger partial charge in [0.1, 0.15) is 11.4 Å². The number of H-pyrrole nitrogens is 1. The number of aromatic amines is 1. The van der Waals surface area contributed by atoms with Crippen LogP contribution in [0.4, 0.5) is 13.2 Å². The van der Waals surface area contributed by atoms with Gasteiger partial charge in [-0.2, -0.15) is 13.2 Å². The summed E-state index contributed by atoms with van der Waals surface area (Å²) in [6.07, 6.45) is -2.32. The van der Waals surface area contributed by atoms with Crippen molar-refractivity contribution in [2.75, 3.05) is 7.05 Å². The minimum atomic E-state index is -4.34. The van der Waals surface area contributed by atoms with Crippen LogP contribution in [0.2, 0.25) is 0 Å². The molecule has 0 bridgehead atoms. The Morgan fingerprint density at radius 1 is 1.08 bits per heavy atom. The number of halogens is 3. The smallest absolute Gasteiger partial charge is 0.294 e. The molecule has 0 unspecified atom stereocenters. The molecule has 25 heavy (non-hydrogen) atoms. The Bertz CT molecular complexity index is 897. The largest absolute Gasteiger partial charge is 0.416 e. The Hall–Kier alpha value is -2.96. The first kappa shape index (κ1) is 16.9. The van der Waals surface area contributed by atoms with Crippen molar-refractivity contribution >= 4 is 6.21 Å². The highest BCUT2D eigenvalue weighted by atomic mass is 19.4. The minimum absolute atomic E-state index is 0.396. The van der Waals surface area contributed by atoms with Gasteiger partial charge < -0.3 is 0 Å². The third-order valence-corrected chi connectivity index (χ3v) is 3.70. The molecular formula is C18H15F3N4. The van der Waals surface area contributed by atoms with E-state index in [4.69, 9.17) is 0 Å². The molecule has 0 spiro atoms. The SMILES string of the molecule is C/N=C/c1[nH]nnc1-c1cccc(Cc2cccc(C(F)(F)F)c2)c1. The molecule has 2 aromatic carbocycles. The van der Waals surface area contributed by atoms with Gasteiger partial charge in [-0.25, -0.2) is 0 Å². The highest BCUT2D eigenvalue weighted by molar-refractivity contribution is 5.86. The molecule has 0 aliphatic rings. The predicted octanol–water partition coefficient (Wildman–Crippen LogP) is 4.13. The number of alkyl halides is 3. The summed E-state index contributed by atoms with van der Waals surface area (Å²) in [6.45, 7) is 0. The Morgan fingerprint density at radius 2 is 1.80 bits per heavy atom. The Labute approximate surface area is 142 Å². The van der Waals surface area contributed by atoms with Crippen LogP contribution in [0, 0.1) is 0 Å². The van der Waals surface area contributed by atoms with Gasteiger partial charge in [-0.15, -0.1) is 5.10 Å². The molecular weight excluding hydrogens is 329 g/mol. The number of rotatable bonds is 4. The zero-order valence-electron chi connectivity index (χ0n) is 13.4. The van der Waals surface area contributed by atoms with Crippen LogP contribution < -0.4 is 0 Å². The first-order chi connectivity index (χ1) is 12.0. The molecule has 0 radical (unpaired) electrons. The highest BCUT2D eigenvalue weighted by Crippen LogP contribution is 2.30. The summed E-state index contributed by atoms with van der Waals surface area (Å²) < 4.78 is 38.5. The Morgan fingerprint density at radius 3 is 2.52 bits per heavy atom. The van der Waals surface area contributed by atoms with Gasteiger partial charge in [0.05, 0.1) is 5.56 Å². The van der Waals surface area contributed by atoms with Gasteiger partial charge in [0.25, 0.3) is 0 Å². The summed E-state index contributed by atoms with van der Waals surface area (Å²) in [4.78, 5) is 3.94. The van der Waals surface area contributed by atoms with Gasteiger partial charge >= 0.3 is 6.18 Å². The van der Waals surface area contributed by atoms with Gasteiger partial charge in [0, 0.05) is 18.8 Å². The monoisotopic (exact) mass is 344 g/mol. The molecule has 0 atom stereocenters. The molecule has 7 heteroatoms. The van der Waals surface area contributed by atoms with Crippen molar-refractivity contribution in [2.45, 2.75) is 12.6 Å². The molecule has 1 N–H and O–H groups in total. The molecule has 0 aliphatic heterocycles. The average Bonchev–Trinajstić information content (AvgIpc) is 3.03. The van der Waals surface area contributed by atoms with E-state index in [1.54, 1.807) is 19.3 Å². The van der Waals surface area contributed by atoms with E-state index in [0.29, 0.717) is 23.4 Å². The zero-order chi connectivity index (χ0) is 17.9. The number of nitrogens with one attached hydrogen (secondary N) is 1. The second kappa shape index (κ2) is 6.88. The van der Waals surface area contributed by atoms with Crippen molar-refractivity contribution < 1.29 is 13.2 Å². The Balaban J connectivity index is 1.89. The summed E-state index contributed by atoms with van der Waals surface area (Å²) in [7, 11) is 1.65. The van der Waals surface area contributed by atoms with E-state index in [1.165, 1.54) is 12.1 Å².